The van der Waals surface area contributed by atoms with E-state index in [-0.39, 0.29) is 11.7 Å². The molecular formula is C11H8ClN3O. The summed E-state index contributed by atoms with van der Waals surface area (Å²) in [5.74, 6) is -1.09. The Balaban J connectivity index is 2.47. The zero-order valence-corrected chi connectivity index (χ0v) is 9.03. The van der Waals surface area contributed by atoms with Crippen LogP contribution < -0.4 is 0 Å². The number of nitriles is 1. The van der Waals surface area contributed by atoms with Gasteiger partial charge in [0.05, 0.1) is 23.0 Å². The molecule has 1 aromatic heterocycles. The highest BCUT2D eigenvalue weighted by molar-refractivity contribution is 6.28. The number of ketones is 1. The number of nitrogens with zero attached hydrogens (tertiary/aromatic N) is 2. The van der Waals surface area contributed by atoms with Crippen LogP contribution in [0.3, 0.4) is 0 Å². The molecule has 0 unspecified atom stereocenters. The lowest BCUT2D eigenvalue weighted by molar-refractivity contribution is -0.117. The Bertz CT molecular complexity index is 537. The second kappa shape index (κ2) is 4.33. The van der Waals surface area contributed by atoms with Gasteiger partial charge in [-0.3, -0.25) is 4.79 Å². The van der Waals surface area contributed by atoms with Crippen LogP contribution in [0, 0.1) is 11.3 Å². The highest BCUT2D eigenvalue weighted by atomic mass is 35.5. The highest BCUT2D eigenvalue weighted by Crippen LogP contribution is 2.18. The predicted molar refractivity (Wildman–Crippen MR) is 60.2 cm³/mol. The summed E-state index contributed by atoms with van der Waals surface area (Å²) in [4.78, 5) is 18.5. The number of hydrogen-bond donors (Lipinski definition) is 1. The van der Waals surface area contributed by atoms with Gasteiger partial charge in [-0.2, -0.15) is 5.26 Å². The molecule has 1 heterocycles. The Morgan fingerprint density at radius 2 is 2.31 bits per heavy atom. The molecule has 0 aliphatic carbocycles. The first-order chi connectivity index (χ1) is 7.76. The van der Waals surface area contributed by atoms with Gasteiger partial charge in [0, 0.05) is 0 Å². The van der Waals surface area contributed by atoms with E-state index >= 15 is 0 Å². The van der Waals surface area contributed by atoms with E-state index in [4.69, 9.17) is 16.9 Å². The molecule has 0 radical (unpaired) electrons. The van der Waals surface area contributed by atoms with Crippen molar-refractivity contribution in [3.63, 3.8) is 0 Å². The molecular weight excluding hydrogens is 226 g/mol. The lowest BCUT2D eigenvalue weighted by atomic mass is 10.1. The molecule has 1 N–H and O–H groups in total. The summed E-state index contributed by atoms with van der Waals surface area (Å²) >= 11 is 5.43. The minimum atomic E-state index is -0.912. The first-order valence-electron chi connectivity index (χ1n) is 4.69. The van der Waals surface area contributed by atoms with Crippen molar-refractivity contribution in [3.05, 3.63) is 30.1 Å². The third-order valence-corrected chi connectivity index (χ3v) is 2.53. The summed E-state index contributed by atoms with van der Waals surface area (Å²) in [6, 6.07) is 9.26. The van der Waals surface area contributed by atoms with Crippen LogP contribution in [0.25, 0.3) is 11.0 Å². The number of aromatic nitrogens is 2. The summed E-state index contributed by atoms with van der Waals surface area (Å²) in [6.07, 6.45) is 0. The van der Waals surface area contributed by atoms with Gasteiger partial charge in [0.2, 0.25) is 0 Å². The molecule has 0 aliphatic rings. The number of carbonyl (C=O) groups is 1. The number of para-hydroxylation sites is 2. The van der Waals surface area contributed by atoms with Crippen LogP contribution in [0.4, 0.5) is 0 Å². The van der Waals surface area contributed by atoms with Gasteiger partial charge in [-0.05, 0) is 12.1 Å². The van der Waals surface area contributed by atoms with Crippen molar-refractivity contribution in [2.45, 2.75) is 5.92 Å². The number of fused-ring (bicyclic) bond motifs is 1. The topological polar surface area (TPSA) is 69.5 Å². The first kappa shape index (κ1) is 10.7. The van der Waals surface area contributed by atoms with Gasteiger partial charge >= 0.3 is 0 Å². The molecule has 2 aromatic rings. The van der Waals surface area contributed by atoms with Gasteiger partial charge in [-0.15, -0.1) is 11.6 Å². The van der Waals surface area contributed by atoms with Crippen molar-refractivity contribution in [1.29, 1.82) is 5.26 Å². The largest absolute Gasteiger partial charge is 0.340 e. The molecule has 80 valence electrons. The minimum absolute atomic E-state index is 0.185. The van der Waals surface area contributed by atoms with E-state index in [1.165, 1.54) is 0 Å². The van der Waals surface area contributed by atoms with Gasteiger partial charge in [-0.1, -0.05) is 12.1 Å². The van der Waals surface area contributed by atoms with E-state index in [1.54, 1.807) is 0 Å². The maximum atomic E-state index is 11.4. The standard InChI is InChI=1S/C11H8ClN3O/c12-5-10(16)7(6-13)11-14-8-3-1-2-4-9(8)15-11/h1-4,7H,5H2,(H,14,15)/t7-/m1/s1. The minimum Gasteiger partial charge on any atom is -0.340 e. The van der Waals surface area contributed by atoms with Gasteiger partial charge in [0.15, 0.2) is 11.7 Å². The van der Waals surface area contributed by atoms with Crippen molar-refractivity contribution in [3.8, 4) is 6.07 Å². The number of nitrogens with one attached hydrogen (secondary N) is 1. The average Bonchev–Trinajstić information content (AvgIpc) is 2.72. The molecule has 16 heavy (non-hydrogen) atoms. The van der Waals surface area contributed by atoms with Crippen molar-refractivity contribution in [1.82, 2.24) is 9.97 Å². The number of carbonyl (C=O) groups excluding carboxylic acids is 1. The van der Waals surface area contributed by atoms with Crippen LogP contribution in [0.1, 0.15) is 11.7 Å². The lowest BCUT2D eigenvalue weighted by Crippen LogP contribution is -2.13. The molecule has 0 saturated heterocycles. The number of rotatable bonds is 3. The second-order valence-corrected chi connectivity index (χ2v) is 3.57. The molecule has 2 rings (SSSR count). The highest BCUT2D eigenvalue weighted by Gasteiger charge is 2.22. The number of halogens is 1. The molecule has 0 amide bonds. The van der Waals surface area contributed by atoms with Crippen LogP contribution >= 0.6 is 11.6 Å². The Hall–Kier alpha value is -1.86. The van der Waals surface area contributed by atoms with Crippen LogP contribution in [0.2, 0.25) is 0 Å². The Morgan fingerprint density at radius 1 is 1.56 bits per heavy atom. The van der Waals surface area contributed by atoms with E-state index < -0.39 is 5.92 Å². The predicted octanol–water partition coefficient (Wildman–Crippen LogP) is 1.98. The van der Waals surface area contributed by atoms with E-state index in [0.29, 0.717) is 5.82 Å². The molecule has 0 bridgehead atoms. The maximum Gasteiger partial charge on any atom is 0.172 e. The summed E-state index contributed by atoms with van der Waals surface area (Å²) in [5, 5.41) is 8.92. The number of benzene rings is 1. The van der Waals surface area contributed by atoms with Crippen LogP contribution in [0.5, 0.6) is 0 Å². The molecule has 4 nitrogen and oxygen atoms in total. The summed E-state index contributed by atoms with van der Waals surface area (Å²) in [5.41, 5.74) is 1.54. The van der Waals surface area contributed by atoms with Crippen molar-refractivity contribution < 1.29 is 4.79 Å². The summed E-state index contributed by atoms with van der Waals surface area (Å²) < 4.78 is 0. The smallest absolute Gasteiger partial charge is 0.172 e. The van der Waals surface area contributed by atoms with Gasteiger partial charge in [0.1, 0.15) is 5.82 Å². The second-order valence-electron chi connectivity index (χ2n) is 3.30. The van der Waals surface area contributed by atoms with Crippen molar-refractivity contribution in [2.24, 2.45) is 0 Å². The quantitative estimate of drug-likeness (QED) is 0.824. The number of imidazole rings is 1. The molecule has 1 aromatic carbocycles. The van der Waals surface area contributed by atoms with Crippen LogP contribution in [-0.2, 0) is 4.79 Å². The fourth-order valence-corrected chi connectivity index (χ4v) is 1.63. The third-order valence-electron chi connectivity index (χ3n) is 2.26. The zero-order valence-electron chi connectivity index (χ0n) is 8.27. The zero-order chi connectivity index (χ0) is 11.5. The number of hydrogen-bond acceptors (Lipinski definition) is 3. The van der Waals surface area contributed by atoms with Crippen molar-refractivity contribution >= 4 is 28.4 Å². The number of alkyl halides is 1. The Labute approximate surface area is 96.9 Å². The maximum absolute atomic E-state index is 11.4. The fraction of sp³-hybridized carbons (Fsp3) is 0.182. The van der Waals surface area contributed by atoms with Gasteiger partial charge in [0.25, 0.3) is 0 Å². The molecule has 1 atom stereocenters. The molecule has 0 aliphatic heterocycles. The van der Waals surface area contributed by atoms with Crippen LogP contribution in [0.15, 0.2) is 24.3 Å². The van der Waals surface area contributed by atoms with Crippen molar-refractivity contribution in [2.75, 3.05) is 5.88 Å². The SMILES string of the molecule is N#C[C@H](C(=O)CCl)c1nc2ccccc2[nH]1. The summed E-state index contributed by atoms with van der Waals surface area (Å²) in [7, 11) is 0. The monoisotopic (exact) mass is 233 g/mol. The number of Topliss-reactive ketones (excluding diaryl/α,β-unsaturated/α-hetero) is 1. The van der Waals surface area contributed by atoms with Gasteiger partial charge in [-0.25, -0.2) is 4.98 Å². The van der Waals surface area contributed by atoms with Gasteiger partial charge < -0.3 is 4.98 Å². The Kier molecular flexibility index (Phi) is 2.88. The van der Waals surface area contributed by atoms with Crippen LogP contribution in [-0.4, -0.2) is 21.6 Å². The normalized spacial score (nSPS) is 12.2. The number of H-pyrrole nitrogens is 1. The summed E-state index contributed by atoms with van der Waals surface area (Å²) in [6.45, 7) is 0. The lowest BCUT2D eigenvalue weighted by Gasteiger charge is -2.00. The van der Waals surface area contributed by atoms with E-state index in [2.05, 4.69) is 9.97 Å². The molecule has 0 fully saturated rings. The van der Waals surface area contributed by atoms with E-state index in [1.807, 2.05) is 30.3 Å². The average molecular weight is 234 g/mol. The van der Waals surface area contributed by atoms with E-state index in [9.17, 15) is 4.79 Å². The molecule has 5 heteroatoms. The Morgan fingerprint density at radius 3 is 2.94 bits per heavy atom. The number of aromatic amines is 1. The molecule has 0 spiro atoms. The first-order valence-corrected chi connectivity index (χ1v) is 5.22. The molecule has 0 saturated carbocycles. The van der Waals surface area contributed by atoms with E-state index in [0.717, 1.165) is 11.0 Å². The third kappa shape index (κ3) is 1.77. The fourth-order valence-electron chi connectivity index (χ4n) is 1.47.